The zero-order valence-electron chi connectivity index (χ0n) is 49.5. The maximum atomic E-state index is 13.6. The third kappa shape index (κ3) is 47.1. The zero-order chi connectivity index (χ0) is 52.7. The van der Waals surface area contributed by atoms with Gasteiger partial charge in [0, 0.05) is 0 Å². The summed E-state index contributed by atoms with van der Waals surface area (Å²) in [5, 5.41) is 11.5. The van der Waals surface area contributed by atoms with Crippen molar-refractivity contribution in [2.24, 2.45) is 11.8 Å². The Morgan fingerprint density at radius 3 is 0.722 bits per heavy atom. The van der Waals surface area contributed by atoms with E-state index in [1.165, 1.54) is 289 Å². The molecule has 0 bridgehead atoms. The molecular formula is C66H128O6. The van der Waals surface area contributed by atoms with Gasteiger partial charge in [0.25, 0.3) is 0 Å². The van der Waals surface area contributed by atoms with E-state index >= 15 is 0 Å². The van der Waals surface area contributed by atoms with Crippen LogP contribution in [0.4, 0.5) is 0 Å². The third-order valence-electron chi connectivity index (χ3n) is 16.1. The molecular weight excluding hydrogens is 889 g/mol. The highest BCUT2D eigenvalue weighted by molar-refractivity contribution is 6.08. The number of hydrogen-bond donors (Lipinski definition) is 1. The fourth-order valence-electron chi connectivity index (χ4n) is 10.8. The summed E-state index contributed by atoms with van der Waals surface area (Å²) in [5.41, 5.74) is -2.52. The van der Waals surface area contributed by atoms with Crippen molar-refractivity contribution in [3.8, 4) is 0 Å². The number of aliphatic hydroxyl groups is 1. The van der Waals surface area contributed by atoms with E-state index < -0.39 is 29.7 Å². The van der Waals surface area contributed by atoms with Gasteiger partial charge in [-0.2, -0.15) is 0 Å². The molecule has 6 nitrogen and oxygen atoms in total. The van der Waals surface area contributed by atoms with Gasteiger partial charge in [-0.05, 0) is 44.4 Å². The highest BCUT2D eigenvalue weighted by Gasteiger charge is 2.46. The number of ether oxygens (including phenoxy) is 2. The van der Waals surface area contributed by atoms with Gasteiger partial charge < -0.3 is 14.6 Å². The molecule has 0 spiro atoms. The molecule has 0 aliphatic rings. The summed E-state index contributed by atoms with van der Waals surface area (Å²) in [6.45, 7) is 10.7. The largest absolute Gasteiger partial charge is 0.465 e. The molecule has 0 aliphatic heterocycles. The van der Waals surface area contributed by atoms with Crippen LogP contribution in [0, 0.1) is 11.8 Å². The third-order valence-corrected chi connectivity index (χ3v) is 16.1. The molecule has 0 radical (unpaired) electrons. The van der Waals surface area contributed by atoms with Crippen LogP contribution in [0.2, 0.25) is 0 Å². The normalized spacial score (nSPS) is 13.3. The number of rotatable bonds is 60. The fraction of sp³-hybridized carbons (Fsp3) is 0.955. The van der Waals surface area contributed by atoms with Crippen LogP contribution in [0.5, 0.6) is 0 Å². The summed E-state index contributed by atoms with van der Waals surface area (Å²) in [4.78, 5) is 39.9. The Morgan fingerprint density at radius 2 is 0.514 bits per heavy atom. The second kappa shape index (κ2) is 55.8. The van der Waals surface area contributed by atoms with Crippen molar-refractivity contribution in [2.75, 3.05) is 13.2 Å². The molecule has 3 unspecified atom stereocenters. The maximum Gasteiger partial charge on any atom is 0.346 e. The molecule has 72 heavy (non-hydrogen) atoms. The highest BCUT2D eigenvalue weighted by Crippen LogP contribution is 2.25. The number of unbranched alkanes of at least 4 members (excludes halogenated alkanes) is 44. The Morgan fingerprint density at radius 1 is 0.319 bits per heavy atom. The van der Waals surface area contributed by atoms with Crippen molar-refractivity contribution in [3.05, 3.63) is 0 Å². The standard InChI is InChI=1S/C66H128O6/c1-6-10-14-18-22-26-30-32-34-36-40-44-47-51-55-62(54-50-46-42-38-28-24-20-16-12-8-3)59-71-64(68)58-66(70,61(5)67)65(69)72-60-63(56-52-48-43-39-29-25-21-17-13-9-4)57-53-49-45-41-37-35-33-31-27-23-19-15-11-7-2/h62-63,70H,6-60H2,1-5H3. The summed E-state index contributed by atoms with van der Waals surface area (Å²) in [6, 6.07) is 0. The Bertz CT molecular complexity index is 1140. The SMILES string of the molecule is CCCCCCCCCCCCCCCCC(CCCCCCCCCCCC)COC(=O)CC(O)(C(C)=O)C(=O)OCC(CCCCCCCCCCCC)CCCCCCCCCCCCCCCC. The average molecular weight is 1020 g/mol. The fourth-order valence-corrected chi connectivity index (χ4v) is 10.8. The number of ketones is 1. The van der Waals surface area contributed by atoms with Crippen molar-refractivity contribution in [3.63, 3.8) is 0 Å². The number of carbonyl (C=O) groups is 3. The predicted molar refractivity (Wildman–Crippen MR) is 312 cm³/mol. The van der Waals surface area contributed by atoms with E-state index in [1.807, 2.05) is 0 Å². The molecule has 1 N–H and O–H groups in total. The highest BCUT2D eigenvalue weighted by atomic mass is 16.6. The lowest BCUT2D eigenvalue weighted by Gasteiger charge is -2.25. The van der Waals surface area contributed by atoms with Crippen LogP contribution >= 0.6 is 0 Å². The van der Waals surface area contributed by atoms with Gasteiger partial charge in [-0.1, -0.05) is 336 Å². The first-order valence-electron chi connectivity index (χ1n) is 32.8. The van der Waals surface area contributed by atoms with Crippen molar-refractivity contribution in [1.29, 1.82) is 0 Å². The van der Waals surface area contributed by atoms with E-state index in [2.05, 4.69) is 27.7 Å². The lowest BCUT2D eigenvalue weighted by molar-refractivity contribution is -0.177. The van der Waals surface area contributed by atoms with Gasteiger partial charge in [0.2, 0.25) is 5.60 Å². The van der Waals surface area contributed by atoms with Crippen LogP contribution in [0.15, 0.2) is 0 Å². The smallest absolute Gasteiger partial charge is 0.346 e. The Balaban J connectivity index is 5.12. The molecule has 0 heterocycles. The Hall–Kier alpha value is -1.43. The topological polar surface area (TPSA) is 89.9 Å². The van der Waals surface area contributed by atoms with Crippen molar-refractivity contribution in [2.45, 2.75) is 381 Å². The van der Waals surface area contributed by atoms with Gasteiger partial charge in [-0.25, -0.2) is 4.79 Å². The molecule has 6 heteroatoms. The van der Waals surface area contributed by atoms with E-state index in [0.29, 0.717) is 0 Å². The van der Waals surface area contributed by atoms with Crippen molar-refractivity contribution < 1.29 is 29.0 Å². The van der Waals surface area contributed by atoms with E-state index in [-0.39, 0.29) is 25.0 Å². The van der Waals surface area contributed by atoms with Gasteiger partial charge in [0.1, 0.15) is 0 Å². The second-order valence-electron chi connectivity index (χ2n) is 23.3. The minimum absolute atomic E-state index is 0.180. The first-order valence-corrected chi connectivity index (χ1v) is 32.8. The van der Waals surface area contributed by atoms with Crippen LogP contribution in [-0.4, -0.2) is 41.6 Å². The van der Waals surface area contributed by atoms with E-state index in [4.69, 9.17) is 9.47 Å². The lowest BCUT2D eigenvalue weighted by Crippen LogP contribution is -2.49. The summed E-state index contributed by atoms with van der Waals surface area (Å²) < 4.78 is 11.6. The van der Waals surface area contributed by atoms with E-state index in [1.54, 1.807) is 0 Å². The first kappa shape index (κ1) is 70.6. The lowest BCUT2D eigenvalue weighted by atomic mass is 9.93. The van der Waals surface area contributed by atoms with Crippen LogP contribution in [0.25, 0.3) is 0 Å². The number of carbonyl (C=O) groups excluding carboxylic acids is 3. The van der Waals surface area contributed by atoms with Crippen LogP contribution in [0.3, 0.4) is 0 Å². The molecule has 0 aliphatic carbocycles. The Kier molecular flexibility index (Phi) is 54.7. The molecule has 428 valence electrons. The van der Waals surface area contributed by atoms with Crippen LogP contribution in [-0.2, 0) is 23.9 Å². The first-order chi connectivity index (χ1) is 35.2. The minimum atomic E-state index is -2.52. The molecule has 0 rings (SSSR count). The van der Waals surface area contributed by atoms with E-state index in [0.717, 1.165) is 51.4 Å². The second-order valence-corrected chi connectivity index (χ2v) is 23.3. The quantitative estimate of drug-likeness (QED) is 0.0371. The summed E-state index contributed by atoms with van der Waals surface area (Å²) in [6.07, 6.45) is 66.1. The maximum absolute atomic E-state index is 13.6. The van der Waals surface area contributed by atoms with Gasteiger partial charge >= 0.3 is 11.9 Å². The molecule has 0 aromatic carbocycles. The molecule has 0 saturated heterocycles. The summed E-state index contributed by atoms with van der Waals surface area (Å²) in [7, 11) is 0. The summed E-state index contributed by atoms with van der Waals surface area (Å²) >= 11 is 0. The molecule has 0 amide bonds. The Labute approximate surface area is 450 Å². The average Bonchev–Trinajstić information content (AvgIpc) is 3.37. The van der Waals surface area contributed by atoms with Gasteiger partial charge in [0.15, 0.2) is 5.78 Å². The predicted octanol–water partition coefficient (Wildman–Crippen LogP) is 21.4. The zero-order valence-corrected chi connectivity index (χ0v) is 49.5. The molecule has 0 aromatic rings. The van der Waals surface area contributed by atoms with Gasteiger partial charge in [-0.3, -0.25) is 9.59 Å². The molecule has 0 fully saturated rings. The van der Waals surface area contributed by atoms with Gasteiger partial charge in [0.05, 0.1) is 19.6 Å². The number of Topliss-reactive ketones (excluding diaryl/α,β-unsaturated/α-hetero) is 1. The summed E-state index contributed by atoms with van der Waals surface area (Å²) in [5.74, 6) is -2.01. The van der Waals surface area contributed by atoms with Crippen LogP contribution in [0.1, 0.15) is 375 Å². The van der Waals surface area contributed by atoms with Crippen molar-refractivity contribution in [1.82, 2.24) is 0 Å². The molecule has 0 saturated carbocycles. The van der Waals surface area contributed by atoms with Gasteiger partial charge in [-0.15, -0.1) is 0 Å². The van der Waals surface area contributed by atoms with Crippen molar-refractivity contribution >= 4 is 17.7 Å². The minimum Gasteiger partial charge on any atom is -0.465 e. The molecule has 3 atom stereocenters. The van der Waals surface area contributed by atoms with Crippen LogP contribution < -0.4 is 0 Å². The van der Waals surface area contributed by atoms with E-state index in [9.17, 15) is 19.5 Å². The monoisotopic (exact) mass is 1020 g/mol. The number of esters is 2. The number of hydrogen-bond acceptors (Lipinski definition) is 6. The molecule has 0 aromatic heterocycles.